The summed E-state index contributed by atoms with van der Waals surface area (Å²) in [4.78, 5) is 18.8. The maximum atomic E-state index is 13.3. The van der Waals surface area contributed by atoms with Gasteiger partial charge in [0.1, 0.15) is 23.7 Å². The molecule has 0 fully saturated rings. The lowest BCUT2D eigenvalue weighted by molar-refractivity contribution is -0.134. The molecule has 0 saturated heterocycles. The molecule has 2 aromatic heterocycles. The van der Waals surface area contributed by atoms with Crippen LogP contribution in [0.5, 0.6) is 5.75 Å². The monoisotopic (exact) mass is 464 g/mol. The standard InChI is InChI=1S/C25H28N4O3S/c1-3-28-16-18(32-23-9-5-4-8-20(23)28)15-27(2)17-25(30)29-21(22-10-6-12-31-22)14-19(26-29)24-11-7-13-33-24/h4-13,18,21H,3,14-17H2,1-2H3. The van der Waals surface area contributed by atoms with E-state index >= 15 is 0 Å². The molecule has 1 aromatic carbocycles. The number of ether oxygens (including phenoxy) is 1. The smallest absolute Gasteiger partial charge is 0.257 e. The number of carbonyl (C=O) groups excluding carboxylic acids is 1. The quantitative estimate of drug-likeness (QED) is 0.524. The van der Waals surface area contributed by atoms with Crippen LogP contribution >= 0.6 is 11.3 Å². The van der Waals surface area contributed by atoms with Crippen molar-refractivity contribution in [1.29, 1.82) is 0 Å². The van der Waals surface area contributed by atoms with Gasteiger partial charge in [0.15, 0.2) is 0 Å². The summed E-state index contributed by atoms with van der Waals surface area (Å²) in [6, 6.07) is 15.7. The number of carbonyl (C=O) groups is 1. The van der Waals surface area contributed by atoms with Crippen LogP contribution in [0.4, 0.5) is 5.69 Å². The van der Waals surface area contributed by atoms with Crippen LogP contribution in [0.2, 0.25) is 0 Å². The summed E-state index contributed by atoms with van der Waals surface area (Å²) in [5.41, 5.74) is 2.05. The number of benzene rings is 1. The minimum Gasteiger partial charge on any atom is -0.485 e. The number of amides is 1. The van der Waals surface area contributed by atoms with Crippen molar-refractivity contribution in [2.24, 2.45) is 5.10 Å². The fourth-order valence-corrected chi connectivity index (χ4v) is 5.24. The van der Waals surface area contributed by atoms with E-state index < -0.39 is 0 Å². The molecular formula is C25H28N4O3S. The van der Waals surface area contributed by atoms with Crippen LogP contribution in [-0.4, -0.2) is 60.9 Å². The normalized spacial score (nSPS) is 20.0. The molecule has 5 rings (SSSR count). The molecule has 2 unspecified atom stereocenters. The van der Waals surface area contributed by atoms with E-state index in [9.17, 15) is 4.79 Å². The molecule has 2 atom stereocenters. The minimum atomic E-state index is -0.216. The molecule has 172 valence electrons. The molecule has 33 heavy (non-hydrogen) atoms. The lowest BCUT2D eigenvalue weighted by Crippen LogP contribution is -2.47. The molecule has 0 N–H and O–H groups in total. The predicted octanol–water partition coefficient (Wildman–Crippen LogP) is 4.24. The van der Waals surface area contributed by atoms with Gasteiger partial charge in [0.25, 0.3) is 5.91 Å². The second kappa shape index (κ2) is 9.41. The summed E-state index contributed by atoms with van der Waals surface area (Å²) in [7, 11) is 1.96. The van der Waals surface area contributed by atoms with Gasteiger partial charge in [-0.15, -0.1) is 11.3 Å². The molecule has 4 heterocycles. The number of hydrogen-bond donors (Lipinski definition) is 0. The lowest BCUT2D eigenvalue weighted by Gasteiger charge is -2.37. The Labute approximate surface area is 197 Å². The van der Waals surface area contributed by atoms with E-state index in [1.54, 1.807) is 22.6 Å². The zero-order valence-electron chi connectivity index (χ0n) is 18.9. The third-order valence-electron chi connectivity index (χ3n) is 6.07. The topological polar surface area (TPSA) is 61.5 Å². The van der Waals surface area contributed by atoms with E-state index in [0.29, 0.717) is 13.0 Å². The number of thiophene rings is 1. The Morgan fingerprint density at radius 1 is 1.21 bits per heavy atom. The van der Waals surface area contributed by atoms with Crippen LogP contribution in [0.25, 0.3) is 0 Å². The number of anilines is 1. The van der Waals surface area contributed by atoms with E-state index in [2.05, 4.69) is 17.9 Å². The first kappa shape index (κ1) is 21.7. The number of furan rings is 1. The summed E-state index contributed by atoms with van der Waals surface area (Å²) < 4.78 is 11.9. The number of rotatable bonds is 7. The van der Waals surface area contributed by atoms with Crippen molar-refractivity contribution in [3.05, 3.63) is 70.8 Å². The highest BCUT2D eigenvalue weighted by atomic mass is 32.1. The Hall–Kier alpha value is -3.10. The molecule has 1 amide bonds. The van der Waals surface area contributed by atoms with Gasteiger partial charge >= 0.3 is 0 Å². The highest BCUT2D eigenvalue weighted by Crippen LogP contribution is 2.35. The van der Waals surface area contributed by atoms with E-state index in [1.165, 1.54) is 0 Å². The lowest BCUT2D eigenvalue weighted by atomic mass is 10.1. The molecule has 8 heteroatoms. The molecule has 0 saturated carbocycles. The van der Waals surface area contributed by atoms with Crippen molar-refractivity contribution in [2.75, 3.05) is 38.1 Å². The van der Waals surface area contributed by atoms with Gasteiger partial charge in [0.2, 0.25) is 0 Å². The van der Waals surface area contributed by atoms with Crippen LogP contribution in [0, 0.1) is 0 Å². The second-order valence-corrected chi connectivity index (χ2v) is 9.39. The van der Waals surface area contributed by atoms with Gasteiger partial charge < -0.3 is 14.1 Å². The molecule has 0 bridgehead atoms. The van der Waals surface area contributed by atoms with E-state index in [0.717, 1.165) is 40.9 Å². The average molecular weight is 465 g/mol. The molecule has 2 aliphatic rings. The molecule has 0 aliphatic carbocycles. The summed E-state index contributed by atoms with van der Waals surface area (Å²) in [5, 5.41) is 8.33. The van der Waals surface area contributed by atoms with Crippen molar-refractivity contribution >= 4 is 28.6 Å². The number of hydrogen-bond acceptors (Lipinski definition) is 7. The van der Waals surface area contributed by atoms with E-state index in [1.807, 2.05) is 59.8 Å². The van der Waals surface area contributed by atoms with Gasteiger partial charge in [-0.25, -0.2) is 5.01 Å². The third-order valence-corrected chi connectivity index (χ3v) is 6.99. The number of hydrazone groups is 1. The van der Waals surface area contributed by atoms with Crippen molar-refractivity contribution in [1.82, 2.24) is 9.91 Å². The molecule has 2 aliphatic heterocycles. The van der Waals surface area contributed by atoms with Gasteiger partial charge in [-0.05, 0) is 49.7 Å². The van der Waals surface area contributed by atoms with E-state index in [-0.39, 0.29) is 24.6 Å². The summed E-state index contributed by atoms with van der Waals surface area (Å²) in [6.45, 7) is 4.77. The van der Waals surface area contributed by atoms with Gasteiger partial charge in [-0.3, -0.25) is 9.69 Å². The molecule has 0 spiro atoms. The Morgan fingerprint density at radius 2 is 2.09 bits per heavy atom. The Kier molecular flexibility index (Phi) is 6.20. The minimum absolute atomic E-state index is 0.0118. The summed E-state index contributed by atoms with van der Waals surface area (Å²) in [5.74, 6) is 1.61. The summed E-state index contributed by atoms with van der Waals surface area (Å²) >= 11 is 1.64. The van der Waals surface area contributed by atoms with Crippen LogP contribution in [0.1, 0.15) is 30.0 Å². The average Bonchev–Trinajstić information content (AvgIpc) is 3.59. The fourth-order valence-electron chi connectivity index (χ4n) is 4.52. The van der Waals surface area contributed by atoms with Crippen molar-refractivity contribution < 1.29 is 13.9 Å². The number of para-hydroxylation sites is 2. The highest BCUT2D eigenvalue weighted by Gasteiger charge is 2.36. The Bertz CT molecular complexity index is 1110. The highest BCUT2D eigenvalue weighted by molar-refractivity contribution is 7.12. The Balaban J connectivity index is 1.27. The van der Waals surface area contributed by atoms with Crippen LogP contribution < -0.4 is 9.64 Å². The predicted molar refractivity (Wildman–Crippen MR) is 130 cm³/mol. The Morgan fingerprint density at radius 3 is 2.85 bits per heavy atom. The van der Waals surface area contributed by atoms with Gasteiger partial charge in [-0.1, -0.05) is 18.2 Å². The second-order valence-electron chi connectivity index (χ2n) is 8.44. The van der Waals surface area contributed by atoms with Crippen molar-refractivity contribution in [2.45, 2.75) is 25.5 Å². The molecular weight excluding hydrogens is 436 g/mol. The number of nitrogens with zero attached hydrogens (tertiary/aromatic N) is 4. The number of likely N-dealkylation sites (N-methyl/N-ethyl adjacent to an activating group) is 2. The van der Waals surface area contributed by atoms with Crippen molar-refractivity contribution in [3.8, 4) is 5.75 Å². The molecule has 0 radical (unpaired) electrons. The van der Waals surface area contributed by atoms with Gasteiger partial charge in [-0.2, -0.15) is 5.10 Å². The van der Waals surface area contributed by atoms with Crippen LogP contribution in [-0.2, 0) is 4.79 Å². The van der Waals surface area contributed by atoms with Crippen LogP contribution in [0.3, 0.4) is 0 Å². The zero-order valence-corrected chi connectivity index (χ0v) is 19.7. The zero-order chi connectivity index (χ0) is 22.8. The number of fused-ring (bicyclic) bond motifs is 1. The van der Waals surface area contributed by atoms with Crippen LogP contribution in [0.15, 0.2) is 69.7 Å². The maximum Gasteiger partial charge on any atom is 0.257 e. The first-order chi connectivity index (χ1) is 16.1. The van der Waals surface area contributed by atoms with E-state index in [4.69, 9.17) is 14.3 Å². The molecule has 3 aromatic rings. The largest absolute Gasteiger partial charge is 0.485 e. The summed E-state index contributed by atoms with van der Waals surface area (Å²) in [6.07, 6.45) is 2.28. The SMILES string of the molecule is CCN1CC(CN(C)CC(=O)N2N=C(c3cccs3)CC2c2ccco2)Oc2ccccc21. The molecule has 7 nitrogen and oxygen atoms in total. The fraction of sp³-hybridized carbons (Fsp3) is 0.360. The van der Waals surface area contributed by atoms with Gasteiger partial charge in [0.05, 0.1) is 35.6 Å². The van der Waals surface area contributed by atoms with Crippen molar-refractivity contribution in [3.63, 3.8) is 0 Å². The van der Waals surface area contributed by atoms with Gasteiger partial charge in [0, 0.05) is 19.5 Å². The third kappa shape index (κ3) is 4.54. The maximum absolute atomic E-state index is 13.3. The first-order valence-electron chi connectivity index (χ1n) is 11.3. The first-order valence-corrected chi connectivity index (χ1v) is 12.2.